The van der Waals surface area contributed by atoms with E-state index in [-0.39, 0.29) is 5.60 Å². The molecule has 4 rings (SSSR count). The van der Waals surface area contributed by atoms with E-state index >= 15 is 0 Å². The topological polar surface area (TPSA) is 69.0 Å². The predicted octanol–water partition coefficient (Wildman–Crippen LogP) is 5.37. The van der Waals surface area contributed by atoms with Gasteiger partial charge in [0.25, 0.3) is 0 Å². The minimum absolute atomic E-state index is 0.283. The Hall–Kier alpha value is -2.87. The second-order valence-corrected chi connectivity index (χ2v) is 10.6. The summed E-state index contributed by atoms with van der Waals surface area (Å²) in [4.78, 5) is 2.31. The molecule has 1 aliphatic carbocycles. The molecule has 1 aromatic heterocycles. The maximum Gasteiger partial charge on any atom is 0.227 e. The molecule has 1 saturated carbocycles. The molecule has 0 bridgehead atoms. The lowest BCUT2D eigenvalue weighted by Gasteiger charge is -2.27. The van der Waals surface area contributed by atoms with Crippen LogP contribution in [0.15, 0.2) is 54.6 Å². The van der Waals surface area contributed by atoms with Crippen molar-refractivity contribution in [2.75, 3.05) is 26.8 Å². The lowest BCUT2D eigenvalue weighted by atomic mass is 10.2. The maximum absolute atomic E-state index is 10.8. The number of hydrogen-bond donors (Lipinski definition) is 1. The number of ether oxygens (including phenoxy) is 3. The van der Waals surface area contributed by atoms with Crippen molar-refractivity contribution in [2.45, 2.75) is 58.8 Å². The van der Waals surface area contributed by atoms with E-state index in [2.05, 4.69) is 4.90 Å². The number of aliphatic hydroxyl groups is 1. The average Bonchev–Trinajstić information content (AvgIpc) is 3.62. The van der Waals surface area contributed by atoms with Crippen LogP contribution in [0, 0.1) is 12.8 Å². The number of aliphatic hydroxyl groups excluding tert-OH is 1. The Balaban J connectivity index is 1.61. The summed E-state index contributed by atoms with van der Waals surface area (Å²) in [6.45, 7) is 10.4. The first-order chi connectivity index (χ1) is 17.2. The summed E-state index contributed by atoms with van der Waals surface area (Å²) in [7, 11) is 1.65. The first-order valence-corrected chi connectivity index (χ1v) is 12.7. The Morgan fingerprint density at radius 3 is 2.33 bits per heavy atom. The molecule has 194 valence electrons. The number of rotatable bonds is 12. The van der Waals surface area contributed by atoms with Gasteiger partial charge in [0, 0.05) is 19.6 Å². The van der Waals surface area contributed by atoms with Gasteiger partial charge in [-0.05, 0) is 82.9 Å². The monoisotopic (exact) mass is 493 g/mol. The highest BCUT2D eigenvalue weighted by Crippen LogP contribution is 2.34. The number of methoxy groups -OCH3 is 1. The van der Waals surface area contributed by atoms with Gasteiger partial charge in [-0.15, -0.1) is 0 Å². The third-order valence-electron chi connectivity index (χ3n) is 6.18. The lowest BCUT2D eigenvalue weighted by Crippen LogP contribution is -2.37. The minimum atomic E-state index is -0.571. The van der Waals surface area contributed by atoms with Crippen LogP contribution in [0.4, 0.5) is 0 Å². The highest BCUT2D eigenvalue weighted by Gasteiger charge is 2.28. The zero-order chi connectivity index (χ0) is 25.7. The summed E-state index contributed by atoms with van der Waals surface area (Å²) in [6.07, 6.45) is 1.91. The molecule has 1 fully saturated rings. The van der Waals surface area contributed by atoms with Gasteiger partial charge in [-0.25, -0.2) is 4.68 Å². The van der Waals surface area contributed by atoms with Gasteiger partial charge in [-0.3, -0.25) is 4.90 Å². The summed E-state index contributed by atoms with van der Waals surface area (Å²) in [5, 5.41) is 15.6. The largest absolute Gasteiger partial charge is 0.497 e. The molecule has 0 saturated heterocycles. The number of para-hydroxylation sites is 1. The van der Waals surface area contributed by atoms with Crippen LogP contribution in [0.1, 0.15) is 44.9 Å². The van der Waals surface area contributed by atoms with Crippen molar-refractivity contribution in [1.82, 2.24) is 14.7 Å². The van der Waals surface area contributed by atoms with E-state index in [0.717, 1.165) is 29.2 Å². The van der Waals surface area contributed by atoms with E-state index in [1.54, 1.807) is 7.11 Å². The SMILES string of the molecule is COc1ccc(Oc2c(CN(CC(O)COC(C)(C)C)CC3CC3)c(C)nn2-c2ccccc2)cc1. The Bertz CT molecular complexity index is 1100. The molecule has 0 spiro atoms. The Kier molecular flexibility index (Phi) is 8.34. The third kappa shape index (κ3) is 7.32. The zero-order valence-corrected chi connectivity index (χ0v) is 22.1. The number of nitrogens with zero attached hydrogens (tertiary/aromatic N) is 3. The fraction of sp³-hybridized carbons (Fsp3) is 0.483. The minimum Gasteiger partial charge on any atom is -0.497 e. The molecule has 1 heterocycles. The quantitative estimate of drug-likeness (QED) is 0.366. The zero-order valence-electron chi connectivity index (χ0n) is 22.1. The molecule has 0 amide bonds. The highest BCUT2D eigenvalue weighted by atomic mass is 16.5. The summed E-state index contributed by atoms with van der Waals surface area (Å²) in [5.41, 5.74) is 2.57. The summed E-state index contributed by atoms with van der Waals surface area (Å²) in [5.74, 6) is 2.85. The average molecular weight is 494 g/mol. The maximum atomic E-state index is 10.8. The standard InChI is InChI=1S/C29H39N3O4/c1-21-27(19-31(17-22-11-12-22)18-24(33)20-35-29(2,3)4)28(32(30-21)23-9-7-6-8-10-23)36-26-15-13-25(34-5)14-16-26/h6-10,13-16,22,24,33H,11-12,17-20H2,1-5H3. The van der Waals surface area contributed by atoms with Gasteiger partial charge in [-0.1, -0.05) is 18.2 Å². The van der Waals surface area contributed by atoms with Crippen molar-refractivity contribution in [2.24, 2.45) is 5.92 Å². The van der Waals surface area contributed by atoms with E-state index in [9.17, 15) is 5.11 Å². The van der Waals surface area contributed by atoms with Crippen molar-refractivity contribution in [3.05, 3.63) is 65.9 Å². The van der Waals surface area contributed by atoms with Gasteiger partial charge < -0.3 is 19.3 Å². The van der Waals surface area contributed by atoms with Crippen LogP contribution >= 0.6 is 0 Å². The third-order valence-corrected chi connectivity index (χ3v) is 6.18. The predicted molar refractivity (Wildman–Crippen MR) is 141 cm³/mol. The van der Waals surface area contributed by atoms with E-state index in [1.807, 2.05) is 87.0 Å². The highest BCUT2D eigenvalue weighted by molar-refractivity contribution is 5.44. The normalized spacial score (nSPS) is 14.8. The lowest BCUT2D eigenvalue weighted by molar-refractivity contribution is -0.0569. The number of aryl methyl sites for hydroxylation is 1. The van der Waals surface area contributed by atoms with Crippen molar-refractivity contribution in [3.8, 4) is 23.1 Å². The molecule has 1 atom stereocenters. The number of benzene rings is 2. The molecule has 3 aromatic rings. The Morgan fingerprint density at radius 2 is 1.72 bits per heavy atom. The van der Waals surface area contributed by atoms with Gasteiger partial charge in [0.1, 0.15) is 11.5 Å². The van der Waals surface area contributed by atoms with E-state index < -0.39 is 6.10 Å². The summed E-state index contributed by atoms with van der Waals surface area (Å²) < 4.78 is 19.5. The molecule has 1 unspecified atom stereocenters. The molecule has 0 aliphatic heterocycles. The summed E-state index contributed by atoms with van der Waals surface area (Å²) in [6, 6.07) is 17.6. The van der Waals surface area contributed by atoms with Gasteiger partial charge >= 0.3 is 0 Å². The van der Waals surface area contributed by atoms with Gasteiger partial charge in [-0.2, -0.15) is 5.10 Å². The fourth-order valence-corrected chi connectivity index (χ4v) is 4.11. The van der Waals surface area contributed by atoms with Crippen molar-refractivity contribution < 1.29 is 19.3 Å². The van der Waals surface area contributed by atoms with Crippen LogP contribution in [0.25, 0.3) is 5.69 Å². The molecule has 7 heteroatoms. The fourth-order valence-electron chi connectivity index (χ4n) is 4.11. The van der Waals surface area contributed by atoms with Crippen molar-refractivity contribution >= 4 is 0 Å². The van der Waals surface area contributed by atoms with Gasteiger partial charge in [0.2, 0.25) is 5.88 Å². The van der Waals surface area contributed by atoms with Crippen LogP contribution in [-0.4, -0.2) is 58.3 Å². The molecule has 2 aromatic carbocycles. The van der Waals surface area contributed by atoms with Crippen LogP contribution < -0.4 is 9.47 Å². The van der Waals surface area contributed by atoms with Crippen LogP contribution in [0.3, 0.4) is 0 Å². The second-order valence-electron chi connectivity index (χ2n) is 10.6. The molecular formula is C29H39N3O4. The van der Waals surface area contributed by atoms with E-state index in [0.29, 0.717) is 37.2 Å². The molecule has 0 radical (unpaired) electrons. The van der Waals surface area contributed by atoms with Gasteiger partial charge in [0.15, 0.2) is 0 Å². The Morgan fingerprint density at radius 1 is 1.06 bits per heavy atom. The van der Waals surface area contributed by atoms with Crippen LogP contribution in [-0.2, 0) is 11.3 Å². The van der Waals surface area contributed by atoms with E-state index in [4.69, 9.17) is 19.3 Å². The van der Waals surface area contributed by atoms with Crippen molar-refractivity contribution in [3.63, 3.8) is 0 Å². The molecule has 36 heavy (non-hydrogen) atoms. The molecule has 1 aliphatic rings. The number of hydrogen-bond acceptors (Lipinski definition) is 6. The molecule has 1 N–H and O–H groups in total. The summed E-state index contributed by atoms with van der Waals surface area (Å²) >= 11 is 0. The number of aromatic nitrogens is 2. The molecule has 7 nitrogen and oxygen atoms in total. The van der Waals surface area contributed by atoms with Crippen LogP contribution in [0.5, 0.6) is 17.4 Å². The first kappa shape index (κ1) is 26.2. The van der Waals surface area contributed by atoms with E-state index in [1.165, 1.54) is 12.8 Å². The second kappa shape index (κ2) is 11.5. The Labute approximate surface area is 214 Å². The first-order valence-electron chi connectivity index (χ1n) is 12.7. The van der Waals surface area contributed by atoms with Gasteiger partial charge in [0.05, 0.1) is 42.4 Å². The smallest absolute Gasteiger partial charge is 0.227 e. The molecular weight excluding hydrogens is 454 g/mol. The van der Waals surface area contributed by atoms with Crippen LogP contribution in [0.2, 0.25) is 0 Å². The van der Waals surface area contributed by atoms with Crippen molar-refractivity contribution in [1.29, 1.82) is 0 Å².